The summed E-state index contributed by atoms with van der Waals surface area (Å²) in [5.74, 6) is 0.474. The molecule has 1 aromatic rings. The number of hydrogen-bond donors (Lipinski definition) is 1. The molecule has 0 saturated heterocycles. The number of fused-ring (bicyclic) bond motifs is 1. The van der Waals surface area contributed by atoms with E-state index in [2.05, 4.69) is 5.32 Å². The second-order valence-electron chi connectivity index (χ2n) is 3.60. The highest BCUT2D eigenvalue weighted by Gasteiger charge is 2.26. The van der Waals surface area contributed by atoms with Gasteiger partial charge in [-0.05, 0) is 12.5 Å². The number of para-hydroxylation sites is 1. The van der Waals surface area contributed by atoms with Gasteiger partial charge in [-0.1, -0.05) is 18.2 Å². The predicted octanol–water partition coefficient (Wildman–Crippen LogP) is 1.19. The molecule has 0 aliphatic carbocycles. The number of carbonyl (C=O) groups excluding carboxylic acids is 1. The van der Waals surface area contributed by atoms with Crippen LogP contribution in [0.5, 0.6) is 5.75 Å². The van der Waals surface area contributed by atoms with Crippen LogP contribution in [-0.2, 0) is 4.79 Å². The van der Waals surface area contributed by atoms with Gasteiger partial charge in [0.25, 0.3) is 0 Å². The molecule has 0 aromatic heterocycles. The number of rotatable bonds is 2. The molecule has 1 aliphatic heterocycles. The molecular weight excluding hydrogens is 204 g/mol. The van der Waals surface area contributed by atoms with Crippen LogP contribution in [0.3, 0.4) is 0 Å². The second kappa shape index (κ2) is 4.67. The first-order chi connectivity index (χ1) is 7.83. The average molecular weight is 216 g/mol. The maximum Gasteiger partial charge on any atom is 0.228 e. The van der Waals surface area contributed by atoms with Crippen molar-refractivity contribution in [2.75, 3.05) is 13.2 Å². The Morgan fingerprint density at radius 3 is 3.19 bits per heavy atom. The van der Waals surface area contributed by atoms with Gasteiger partial charge in [0.05, 0.1) is 18.6 Å². The van der Waals surface area contributed by atoms with Crippen molar-refractivity contribution >= 4 is 5.91 Å². The van der Waals surface area contributed by atoms with Crippen LogP contribution in [0.4, 0.5) is 0 Å². The van der Waals surface area contributed by atoms with Crippen molar-refractivity contribution in [3.05, 3.63) is 29.8 Å². The normalized spacial score (nSPS) is 17.8. The molecule has 1 aromatic carbocycles. The first kappa shape index (κ1) is 10.5. The zero-order valence-electron chi connectivity index (χ0n) is 8.77. The average Bonchev–Trinajstić information content (AvgIpc) is 2.35. The lowest BCUT2D eigenvalue weighted by Crippen LogP contribution is -2.32. The number of amides is 1. The number of nitrogens with zero attached hydrogens (tertiary/aromatic N) is 1. The van der Waals surface area contributed by atoms with Gasteiger partial charge in [-0.25, -0.2) is 0 Å². The Morgan fingerprint density at radius 1 is 1.56 bits per heavy atom. The highest BCUT2D eigenvalue weighted by atomic mass is 16.5. The summed E-state index contributed by atoms with van der Waals surface area (Å²) in [5.41, 5.74) is 0.907. The Balaban J connectivity index is 2.19. The molecule has 1 unspecified atom stereocenters. The van der Waals surface area contributed by atoms with E-state index in [0.717, 1.165) is 11.3 Å². The van der Waals surface area contributed by atoms with Crippen LogP contribution < -0.4 is 10.1 Å². The van der Waals surface area contributed by atoms with Crippen LogP contribution in [0.1, 0.15) is 17.9 Å². The van der Waals surface area contributed by atoms with Gasteiger partial charge in [0.1, 0.15) is 12.3 Å². The molecule has 1 heterocycles. The first-order valence-corrected chi connectivity index (χ1v) is 5.19. The number of nitrogens with one attached hydrogen (secondary N) is 1. The molecule has 82 valence electrons. The zero-order chi connectivity index (χ0) is 11.4. The summed E-state index contributed by atoms with van der Waals surface area (Å²) in [5, 5.41) is 11.0. The van der Waals surface area contributed by atoms with Crippen molar-refractivity contribution in [3.63, 3.8) is 0 Å². The molecule has 16 heavy (non-hydrogen) atoms. The molecule has 0 radical (unpaired) electrons. The minimum absolute atomic E-state index is 0.0539. The highest BCUT2D eigenvalue weighted by Crippen LogP contribution is 2.33. The van der Waals surface area contributed by atoms with E-state index in [1.807, 2.05) is 30.3 Å². The van der Waals surface area contributed by atoms with Crippen molar-refractivity contribution in [2.45, 2.75) is 12.3 Å². The van der Waals surface area contributed by atoms with E-state index in [4.69, 9.17) is 10.00 Å². The lowest BCUT2D eigenvalue weighted by Gasteiger charge is -2.24. The van der Waals surface area contributed by atoms with Gasteiger partial charge >= 0.3 is 0 Å². The van der Waals surface area contributed by atoms with E-state index >= 15 is 0 Å². The smallest absolute Gasteiger partial charge is 0.228 e. The van der Waals surface area contributed by atoms with E-state index in [-0.39, 0.29) is 18.4 Å². The fraction of sp³-hybridized carbons (Fsp3) is 0.333. The Morgan fingerprint density at radius 2 is 2.38 bits per heavy atom. The van der Waals surface area contributed by atoms with Gasteiger partial charge in [0.15, 0.2) is 0 Å². The van der Waals surface area contributed by atoms with Crippen molar-refractivity contribution in [1.29, 1.82) is 5.26 Å². The van der Waals surface area contributed by atoms with E-state index in [1.54, 1.807) is 0 Å². The van der Waals surface area contributed by atoms with Gasteiger partial charge in [0.2, 0.25) is 5.91 Å². The van der Waals surface area contributed by atoms with E-state index in [0.29, 0.717) is 13.0 Å². The quantitative estimate of drug-likeness (QED) is 0.755. The number of benzene rings is 1. The summed E-state index contributed by atoms with van der Waals surface area (Å²) in [6.45, 7) is 0.597. The molecule has 0 saturated carbocycles. The molecule has 0 bridgehead atoms. The SMILES string of the molecule is N#CCNC(=O)C1CCOc2ccccc21. The molecule has 0 fully saturated rings. The summed E-state index contributed by atoms with van der Waals surface area (Å²) >= 11 is 0. The molecule has 0 spiro atoms. The number of carbonyl (C=O) groups is 1. The third kappa shape index (κ3) is 1.98. The van der Waals surface area contributed by atoms with Crippen LogP contribution >= 0.6 is 0 Å². The topological polar surface area (TPSA) is 62.1 Å². The molecule has 1 atom stereocenters. The van der Waals surface area contributed by atoms with Crippen LogP contribution in [0.25, 0.3) is 0 Å². The fourth-order valence-electron chi connectivity index (χ4n) is 1.86. The molecule has 4 heteroatoms. The summed E-state index contributed by atoms with van der Waals surface area (Å²) in [7, 11) is 0. The van der Waals surface area contributed by atoms with E-state index < -0.39 is 0 Å². The van der Waals surface area contributed by atoms with Crippen LogP contribution in [0.2, 0.25) is 0 Å². The Labute approximate surface area is 93.8 Å². The summed E-state index contributed by atoms with van der Waals surface area (Å²) in [6.07, 6.45) is 0.661. The van der Waals surface area contributed by atoms with Gasteiger partial charge in [-0.3, -0.25) is 4.79 Å². The van der Waals surface area contributed by atoms with Gasteiger partial charge in [-0.2, -0.15) is 5.26 Å². The van der Waals surface area contributed by atoms with Crippen molar-refractivity contribution < 1.29 is 9.53 Å². The maximum absolute atomic E-state index is 11.8. The lowest BCUT2D eigenvalue weighted by molar-refractivity contribution is -0.122. The highest BCUT2D eigenvalue weighted by molar-refractivity contribution is 5.84. The number of hydrogen-bond acceptors (Lipinski definition) is 3. The maximum atomic E-state index is 11.8. The number of nitriles is 1. The van der Waals surface area contributed by atoms with Crippen molar-refractivity contribution in [2.24, 2.45) is 0 Å². The molecule has 2 rings (SSSR count). The van der Waals surface area contributed by atoms with E-state index in [1.165, 1.54) is 0 Å². The summed E-state index contributed by atoms with van der Waals surface area (Å²) < 4.78 is 5.46. The van der Waals surface area contributed by atoms with E-state index in [9.17, 15) is 4.79 Å². The minimum Gasteiger partial charge on any atom is -0.493 e. The molecule has 1 N–H and O–H groups in total. The predicted molar refractivity (Wildman–Crippen MR) is 57.9 cm³/mol. The summed E-state index contributed by atoms with van der Waals surface area (Å²) in [6, 6.07) is 9.42. The minimum atomic E-state index is -0.196. The second-order valence-corrected chi connectivity index (χ2v) is 3.60. The van der Waals surface area contributed by atoms with Crippen LogP contribution in [-0.4, -0.2) is 19.1 Å². The monoisotopic (exact) mass is 216 g/mol. The Kier molecular flexibility index (Phi) is 3.06. The third-order valence-corrected chi connectivity index (χ3v) is 2.62. The summed E-state index contributed by atoms with van der Waals surface area (Å²) in [4.78, 5) is 11.8. The van der Waals surface area contributed by atoms with Crippen LogP contribution in [0.15, 0.2) is 24.3 Å². The first-order valence-electron chi connectivity index (χ1n) is 5.19. The third-order valence-electron chi connectivity index (χ3n) is 2.62. The fourth-order valence-corrected chi connectivity index (χ4v) is 1.86. The van der Waals surface area contributed by atoms with Gasteiger partial charge in [-0.15, -0.1) is 0 Å². The van der Waals surface area contributed by atoms with Crippen molar-refractivity contribution in [1.82, 2.24) is 5.32 Å². The standard InChI is InChI=1S/C12H12N2O2/c13-6-7-14-12(15)10-5-8-16-11-4-2-1-3-9(10)11/h1-4,10H,5,7-8H2,(H,14,15). The molecule has 1 aliphatic rings. The van der Waals surface area contributed by atoms with Gasteiger partial charge < -0.3 is 10.1 Å². The Hall–Kier alpha value is -2.02. The number of ether oxygens (including phenoxy) is 1. The largest absolute Gasteiger partial charge is 0.493 e. The molecular formula is C12H12N2O2. The van der Waals surface area contributed by atoms with Crippen LogP contribution in [0, 0.1) is 11.3 Å². The molecule has 4 nitrogen and oxygen atoms in total. The zero-order valence-corrected chi connectivity index (χ0v) is 8.77. The van der Waals surface area contributed by atoms with Gasteiger partial charge in [0, 0.05) is 5.56 Å². The Bertz CT molecular complexity index is 437. The van der Waals surface area contributed by atoms with Crippen molar-refractivity contribution in [3.8, 4) is 11.8 Å². The lowest BCUT2D eigenvalue weighted by atomic mass is 9.92. The molecule has 1 amide bonds.